The Morgan fingerprint density at radius 3 is 2.52 bits per heavy atom. The molecule has 0 unspecified atom stereocenters. The molecular formula is C20H22BrF2N3O3. The van der Waals surface area contributed by atoms with Crippen molar-refractivity contribution in [3.63, 3.8) is 0 Å². The van der Waals surface area contributed by atoms with E-state index in [2.05, 4.69) is 20.9 Å². The van der Waals surface area contributed by atoms with Crippen molar-refractivity contribution in [3.05, 3.63) is 39.0 Å². The summed E-state index contributed by atoms with van der Waals surface area (Å²) in [4.78, 5) is 28.6. The molecule has 6 nitrogen and oxygen atoms in total. The molecule has 0 fully saturated rings. The van der Waals surface area contributed by atoms with Crippen LogP contribution in [0.1, 0.15) is 48.8 Å². The van der Waals surface area contributed by atoms with E-state index in [1.807, 2.05) is 0 Å². The van der Waals surface area contributed by atoms with Gasteiger partial charge in [0.1, 0.15) is 11.2 Å². The average molecular weight is 470 g/mol. The Bertz CT molecular complexity index is 1050. The summed E-state index contributed by atoms with van der Waals surface area (Å²) in [5.74, 6) is -3.56. The molecule has 0 atom stereocenters. The number of aromatic nitrogens is 1. The van der Waals surface area contributed by atoms with Crippen molar-refractivity contribution in [1.29, 1.82) is 0 Å². The van der Waals surface area contributed by atoms with Crippen LogP contribution in [-0.4, -0.2) is 40.6 Å². The van der Waals surface area contributed by atoms with E-state index in [4.69, 9.17) is 10.5 Å². The fourth-order valence-electron chi connectivity index (χ4n) is 3.40. The number of nitrogens with two attached hydrogens (primary N) is 1. The highest BCUT2D eigenvalue weighted by atomic mass is 79.9. The minimum atomic E-state index is -1.32. The van der Waals surface area contributed by atoms with Crippen LogP contribution in [0.25, 0.3) is 16.5 Å². The SMILES string of the molecule is Cc1[nH]c2c(C(N)=O)c(F)c(F)c(C3=CCCN(C(=O)OC(C)(C)C)C3)c2c1Br. The number of primary amides is 1. The van der Waals surface area contributed by atoms with Crippen LogP contribution >= 0.6 is 15.9 Å². The van der Waals surface area contributed by atoms with Gasteiger partial charge in [-0.2, -0.15) is 0 Å². The second-order valence-electron chi connectivity index (χ2n) is 7.98. The van der Waals surface area contributed by atoms with E-state index >= 15 is 4.39 Å². The quantitative estimate of drug-likeness (QED) is 0.671. The molecule has 0 bridgehead atoms. The number of aryl methyl sites for hydroxylation is 1. The van der Waals surface area contributed by atoms with Crippen molar-refractivity contribution in [2.45, 2.75) is 39.7 Å². The van der Waals surface area contributed by atoms with Crippen LogP contribution in [0.2, 0.25) is 0 Å². The van der Waals surface area contributed by atoms with Crippen molar-refractivity contribution in [2.24, 2.45) is 5.73 Å². The van der Waals surface area contributed by atoms with Gasteiger partial charge < -0.3 is 20.4 Å². The van der Waals surface area contributed by atoms with E-state index < -0.39 is 34.8 Å². The number of nitrogens with one attached hydrogen (secondary N) is 1. The number of amides is 2. The first-order valence-corrected chi connectivity index (χ1v) is 9.87. The number of carbonyl (C=O) groups is 2. The topological polar surface area (TPSA) is 88.4 Å². The van der Waals surface area contributed by atoms with Crippen LogP contribution in [0.15, 0.2) is 10.5 Å². The zero-order chi connectivity index (χ0) is 21.7. The smallest absolute Gasteiger partial charge is 0.410 e. The maximum absolute atomic E-state index is 15.1. The van der Waals surface area contributed by atoms with Gasteiger partial charge in [-0.3, -0.25) is 4.79 Å². The average Bonchev–Trinajstić information content (AvgIpc) is 2.89. The summed E-state index contributed by atoms with van der Waals surface area (Å²) < 4.78 is 35.8. The number of nitrogens with zero attached hydrogens (tertiary/aromatic N) is 1. The Morgan fingerprint density at radius 1 is 1.28 bits per heavy atom. The highest BCUT2D eigenvalue weighted by Gasteiger charge is 2.31. The van der Waals surface area contributed by atoms with Gasteiger partial charge in [-0.05, 0) is 55.6 Å². The summed E-state index contributed by atoms with van der Waals surface area (Å²) in [6, 6.07) is 0. The molecule has 29 heavy (non-hydrogen) atoms. The van der Waals surface area contributed by atoms with Gasteiger partial charge in [-0.1, -0.05) is 6.08 Å². The van der Waals surface area contributed by atoms with Crippen LogP contribution in [0, 0.1) is 18.6 Å². The van der Waals surface area contributed by atoms with E-state index in [0.717, 1.165) is 0 Å². The number of ether oxygens (including phenoxy) is 1. The molecule has 2 heterocycles. The van der Waals surface area contributed by atoms with E-state index in [0.29, 0.717) is 34.1 Å². The van der Waals surface area contributed by atoms with E-state index in [9.17, 15) is 14.0 Å². The normalized spacial score (nSPS) is 14.9. The van der Waals surface area contributed by atoms with Crippen molar-refractivity contribution >= 4 is 44.4 Å². The number of hydrogen-bond donors (Lipinski definition) is 2. The summed E-state index contributed by atoms with van der Waals surface area (Å²) >= 11 is 3.39. The number of benzene rings is 1. The summed E-state index contributed by atoms with van der Waals surface area (Å²) in [6.45, 7) is 7.42. The molecule has 0 saturated carbocycles. The summed E-state index contributed by atoms with van der Waals surface area (Å²) in [6.07, 6.45) is 1.69. The summed E-state index contributed by atoms with van der Waals surface area (Å²) in [5, 5.41) is 0.312. The highest BCUT2D eigenvalue weighted by Crippen LogP contribution is 2.40. The molecule has 1 aromatic carbocycles. The Kier molecular flexibility index (Phi) is 5.46. The van der Waals surface area contributed by atoms with Gasteiger partial charge >= 0.3 is 6.09 Å². The number of rotatable bonds is 2. The molecule has 3 rings (SSSR count). The molecule has 2 aromatic rings. The van der Waals surface area contributed by atoms with Crippen molar-refractivity contribution in [1.82, 2.24) is 9.88 Å². The van der Waals surface area contributed by atoms with Gasteiger partial charge in [0, 0.05) is 34.2 Å². The first-order valence-electron chi connectivity index (χ1n) is 9.08. The molecule has 1 aliphatic rings. The molecule has 2 amide bonds. The number of carbonyl (C=O) groups excluding carboxylic acids is 2. The van der Waals surface area contributed by atoms with Gasteiger partial charge in [0.15, 0.2) is 11.6 Å². The van der Waals surface area contributed by atoms with Crippen LogP contribution in [0.4, 0.5) is 13.6 Å². The molecule has 3 N–H and O–H groups in total. The maximum atomic E-state index is 15.1. The fourth-order valence-corrected chi connectivity index (χ4v) is 3.90. The lowest BCUT2D eigenvalue weighted by Crippen LogP contribution is -2.39. The Hall–Kier alpha value is -2.42. The fraction of sp³-hybridized carbons (Fsp3) is 0.400. The Morgan fingerprint density at radius 2 is 1.93 bits per heavy atom. The second-order valence-corrected chi connectivity index (χ2v) is 8.77. The van der Waals surface area contributed by atoms with Gasteiger partial charge in [0.2, 0.25) is 0 Å². The predicted molar refractivity (Wildman–Crippen MR) is 110 cm³/mol. The minimum Gasteiger partial charge on any atom is -0.444 e. The van der Waals surface area contributed by atoms with Gasteiger partial charge in [0.25, 0.3) is 5.91 Å². The van der Waals surface area contributed by atoms with Crippen LogP contribution < -0.4 is 5.73 Å². The molecule has 1 aliphatic heterocycles. The van der Waals surface area contributed by atoms with E-state index in [1.54, 1.807) is 33.8 Å². The third-order valence-electron chi connectivity index (χ3n) is 4.61. The number of halogens is 3. The summed E-state index contributed by atoms with van der Waals surface area (Å²) in [7, 11) is 0. The third kappa shape index (κ3) is 3.88. The zero-order valence-electron chi connectivity index (χ0n) is 16.6. The molecule has 0 spiro atoms. The molecule has 0 aliphatic carbocycles. The number of H-pyrrole nitrogens is 1. The standard InChI is InChI=1S/C20H22BrF2N3O3/c1-9-14(21)12-11(15(22)16(23)13(18(24)27)17(12)25-9)10-6-5-7-26(8-10)19(28)29-20(2,3)4/h6,25H,5,7-8H2,1-4H3,(H2,24,27). The lowest BCUT2D eigenvalue weighted by atomic mass is 9.94. The van der Waals surface area contributed by atoms with E-state index in [-0.39, 0.29) is 17.6 Å². The van der Waals surface area contributed by atoms with Gasteiger partial charge in [-0.25, -0.2) is 13.6 Å². The lowest BCUT2D eigenvalue weighted by molar-refractivity contribution is 0.0273. The first kappa shape index (κ1) is 21.3. The third-order valence-corrected chi connectivity index (χ3v) is 5.60. The largest absolute Gasteiger partial charge is 0.444 e. The highest BCUT2D eigenvalue weighted by molar-refractivity contribution is 9.10. The van der Waals surface area contributed by atoms with Crippen molar-refractivity contribution in [2.75, 3.05) is 13.1 Å². The maximum Gasteiger partial charge on any atom is 0.410 e. The first-order chi connectivity index (χ1) is 13.4. The predicted octanol–water partition coefficient (Wildman–Crippen LogP) is 4.64. The molecule has 156 valence electrons. The lowest BCUT2D eigenvalue weighted by Gasteiger charge is -2.30. The second kappa shape index (κ2) is 7.44. The molecule has 1 aromatic heterocycles. The Labute approximate surface area is 175 Å². The minimum absolute atomic E-state index is 0.00742. The number of fused-ring (bicyclic) bond motifs is 1. The summed E-state index contributed by atoms with van der Waals surface area (Å²) in [5.41, 5.74) is 5.22. The molecule has 0 saturated heterocycles. The van der Waals surface area contributed by atoms with Crippen LogP contribution in [0.3, 0.4) is 0 Å². The van der Waals surface area contributed by atoms with Crippen LogP contribution in [-0.2, 0) is 4.74 Å². The zero-order valence-corrected chi connectivity index (χ0v) is 18.2. The molecule has 0 radical (unpaired) electrons. The number of aromatic amines is 1. The Balaban J connectivity index is 2.14. The van der Waals surface area contributed by atoms with Crippen LogP contribution in [0.5, 0.6) is 0 Å². The van der Waals surface area contributed by atoms with E-state index in [1.165, 1.54) is 4.90 Å². The van der Waals surface area contributed by atoms with Crippen molar-refractivity contribution < 1.29 is 23.1 Å². The number of hydrogen-bond acceptors (Lipinski definition) is 3. The van der Waals surface area contributed by atoms with Crippen molar-refractivity contribution in [3.8, 4) is 0 Å². The molecule has 9 heteroatoms. The van der Waals surface area contributed by atoms with Gasteiger partial charge in [-0.15, -0.1) is 0 Å². The van der Waals surface area contributed by atoms with Gasteiger partial charge in [0.05, 0.1) is 5.52 Å². The molecular weight excluding hydrogens is 448 g/mol. The monoisotopic (exact) mass is 469 g/mol.